The van der Waals surface area contributed by atoms with E-state index in [4.69, 9.17) is 14.2 Å². The molecule has 0 saturated heterocycles. The topological polar surface area (TPSA) is 78.9 Å². The lowest BCUT2D eigenvalue weighted by Gasteiger charge is -2.18. The van der Waals surface area contributed by atoms with E-state index in [0.717, 1.165) is 83.5 Å². The van der Waals surface area contributed by atoms with Crippen LogP contribution in [0.3, 0.4) is 0 Å². The van der Waals surface area contributed by atoms with Gasteiger partial charge in [0.15, 0.2) is 6.10 Å². The maximum absolute atomic E-state index is 12.8. The second kappa shape index (κ2) is 55.4. The van der Waals surface area contributed by atoms with Crippen molar-refractivity contribution in [2.75, 3.05) is 13.2 Å². The van der Waals surface area contributed by atoms with Gasteiger partial charge in [0.1, 0.15) is 13.2 Å². The fraction of sp³-hybridized carbons (Fsp3) is 0.754. The minimum atomic E-state index is -0.799. The SMILES string of the molecule is CCCCC/C=C\C/C=C\C/C=C\CCCCCCCCC(=O)OC[C@@H](COC(=O)CCCCCCCCCCCCCCCCC)OC(=O)CCCC/C=C\C/C=C\C/C=C\CCCCC. The first kappa shape index (κ1) is 63.8. The summed E-state index contributed by atoms with van der Waals surface area (Å²) in [6.07, 6.45) is 70.3. The van der Waals surface area contributed by atoms with Gasteiger partial charge in [-0.25, -0.2) is 0 Å². The molecule has 6 heteroatoms. The molecule has 0 N–H and O–H groups in total. The molecular weight excluding hydrogens is 829 g/mol. The number of unbranched alkanes of at least 4 members (excludes halogenated alkanes) is 28. The summed E-state index contributed by atoms with van der Waals surface area (Å²) in [6.45, 7) is 6.56. The third kappa shape index (κ3) is 53.7. The van der Waals surface area contributed by atoms with Gasteiger partial charge < -0.3 is 14.2 Å². The van der Waals surface area contributed by atoms with E-state index in [1.807, 2.05) is 0 Å². The average Bonchev–Trinajstić information content (AvgIpc) is 3.33. The first-order valence-electron chi connectivity index (χ1n) is 28.4. The highest BCUT2D eigenvalue weighted by molar-refractivity contribution is 5.71. The van der Waals surface area contributed by atoms with E-state index in [0.29, 0.717) is 19.3 Å². The van der Waals surface area contributed by atoms with Gasteiger partial charge in [-0.15, -0.1) is 0 Å². The average molecular weight is 936 g/mol. The summed E-state index contributed by atoms with van der Waals surface area (Å²) in [6, 6.07) is 0. The largest absolute Gasteiger partial charge is 0.462 e. The molecule has 0 aliphatic heterocycles. The van der Waals surface area contributed by atoms with Crippen LogP contribution in [0, 0.1) is 0 Å². The van der Waals surface area contributed by atoms with Crippen LogP contribution in [0.5, 0.6) is 0 Å². The Morgan fingerprint density at radius 1 is 0.299 bits per heavy atom. The molecule has 0 amide bonds. The van der Waals surface area contributed by atoms with E-state index in [1.165, 1.54) is 148 Å². The molecule has 0 aliphatic rings. The Morgan fingerprint density at radius 3 is 0.896 bits per heavy atom. The van der Waals surface area contributed by atoms with E-state index in [1.54, 1.807) is 0 Å². The Hall–Kier alpha value is -3.15. The van der Waals surface area contributed by atoms with Gasteiger partial charge >= 0.3 is 17.9 Å². The number of esters is 3. The normalized spacial score (nSPS) is 12.6. The highest BCUT2D eigenvalue weighted by Gasteiger charge is 2.19. The Morgan fingerprint density at radius 2 is 0.537 bits per heavy atom. The van der Waals surface area contributed by atoms with E-state index in [2.05, 4.69) is 93.7 Å². The van der Waals surface area contributed by atoms with E-state index in [9.17, 15) is 14.4 Å². The van der Waals surface area contributed by atoms with Gasteiger partial charge in [-0.05, 0) is 96.3 Å². The zero-order chi connectivity index (χ0) is 48.6. The summed E-state index contributed by atoms with van der Waals surface area (Å²) in [5, 5.41) is 0. The Labute approximate surface area is 414 Å². The van der Waals surface area contributed by atoms with Crippen molar-refractivity contribution in [1.29, 1.82) is 0 Å². The van der Waals surface area contributed by atoms with Gasteiger partial charge in [0.25, 0.3) is 0 Å². The van der Waals surface area contributed by atoms with Crippen LogP contribution in [-0.4, -0.2) is 37.2 Å². The first-order chi connectivity index (χ1) is 33.0. The summed E-state index contributed by atoms with van der Waals surface area (Å²) in [5.74, 6) is -0.937. The van der Waals surface area contributed by atoms with Crippen molar-refractivity contribution in [3.05, 3.63) is 72.9 Å². The number of ether oxygens (including phenoxy) is 3. The summed E-state index contributed by atoms with van der Waals surface area (Å²) < 4.78 is 16.8. The maximum atomic E-state index is 12.8. The van der Waals surface area contributed by atoms with Crippen LogP contribution >= 0.6 is 0 Å². The number of rotatable bonds is 51. The number of allylic oxidation sites excluding steroid dienone is 12. The summed E-state index contributed by atoms with van der Waals surface area (Å²) in [7, 11) is 0. The van der Waals surface area contributed by atoms with Crippen LogP contribution < -0.4 is 0 Å². The molecular formula is C61H106O6. The molecule has 0 aromatic carbocycles. The summed E-state index contributed by atoms with van der Waals surface area (Å²) in [5.41, 5.74) is 0. The summed E-state index contributed by atoms with van der Waals surface area (Å²) >= 11 is 0. The molecule has 0 aliphatic carbocycles. The van der Waals surface area contributed by atoms with E-state index < -0.39 is 6.10 Å². The number of carbonyl (C=O) groups excluding carboxylic acids is 3. The van der Waals surface area contributed by atoms with Crippen LogP contribution in [0.1, 0.15) is 278 Å². The van der Waals surface area contributed by atoms with Crippen LogP contribution in [0.25, 0.3) is 0 Å². The lowest BCUT2D eigenvalue weighted by atomic mass is 10.0. The maximum Gasteiger partial charge on any atom is 0.306 e. The number of carbonyl (C=O) groups is 3. The van der Waals surface area contributed by atoms with Crippen LogP contribution in [0.15, 0.2) is 72.9 Å². The smallest absolute Gasteiger partial charge is 0.306 e. The lowest BCUT2D eigenvalue weighted by molar-refractivity contribution is -0.167. The van der Waals surface area contributed by atoms with Crippen molar-refractivity contribution in [3.63, 3.8) is 0 Å². The van der Waals surface area contributed by atoms with Crippen molar-refractivity contribution < 1.29 is 28.6 Å². The van der Waals surface area contributed by atoms with Crippen molar-refractivity contribution in [1.82, 2.24) is 0 Å². The van der Waals surface area contributed by atoms with Crippen molar-refractivity contribution in [2.45, 2.75) is 284 Å². The Balaban J connectivity index is 4.44. The second-order valence-electron chi connectivity index (χ2n) is 18.8. The zero-order valence-corrected chi connectivity index (χ0v) is 44.2. The minimum absolute atomic E-state index is 0.0930. The molecule has 1 atom stereocenters. The van der Waals surface area contributed by atoms with Gasteiger partial charge in [0.05, 0.1) is 0 Å². The molecule has 0 rings (SSSR count). The van der Waals surface area contributed by atoms with Gasteiger partial charge in [-0.2, -0.15) is 0 Å². The quantitative estimate of drug-likeness (QED) is 0.0262. The highest BCUT2D eigenvalue weighted by atomic mass is 16.6. The molecule has 0 bridgehead atoms. The molecule has 0 radical (unpaired) electrons. The Kier molecular flexibility index (Phi) is 52.8. The molecule has 6 nitrogen and oxygen atoms in total. The third-order valence-electron chi connectivity index (χ3n) is 12.2. The predicted molar refractivity (Wildman–Crippen MR) is 288 cm³/mol. The van der Waals surface area contributed by atoms with Crippen molar-refractivity contribution in [3.8, 4) is 0 Å². The standard InChI is InChI=1S/C61H106O6/c1-4-7-10-13-16-19-22-25-28-29-30-31-34-36-39-42-45-48-51-54-60(63)66-57-58(67-61(64)55-52-49-46-43-40-37-33-27-24-21-18-15-12-9-6-3)56-65-59(62)53-50-47-44-41-38-35-32-26-23-20-17-14-11-8-5-2/h16,18-19,21,25,27-28,30-31,33,40,43,58H,4-15,17,20,22-24,26,29,32,34-39,41-42,44-57H2,1-3H3/b19-16-,21-18-,28-25-,31-30-,33-27-,43-40-/t58-/m1/s1. The monoisotopic (exact) mass is 935 g/mol. The molecule has 67 heavy (non-hydrogen) atoms. The highest BCUT2D eigenvalue weighted by Crippen LogP contribution is 2.15. The van der Waals surface area contributed by atoms with Gasteiger partial charge in [-0.3, -0.25) is 14.4 Å². The van der Waals surface area contributed by atoms with Crippen molar-refractivity contribution in [2.24, 2.45) is 0 Å². The van der Waals surface area contributed by atoms with Crippen molar-refractivity contribution >= 4 is 17.9 Å². The fourth-order valence-electron chi connectivity index (χ4n) is 7.87. The first-order valence-corrected chi connectivity index (χ1v) is 28.4. The zero-order valence-electron chi connectivity index (χ0n) is 44.2. The fourth-order valence-corrected chi connectivity index (χ4v) is 7.87. The van der Waals surface area contributed by atoms with Crippen LogP contribution in [-0.2, 0) is 28.6 Å². The predicted octanol–water partition coefficient (Wildman–Crippen LogP) is 19.0. The van der Waals surface area contributed by atoms with Gasteiger partial charge in [-0.1, -0.05) is 235 Å². The molecule has 0 unspecified atom stereocenters. The lowest BCUT2D eigenvalue weighted by Crippen LogP contribution is -2.30. The minimum Gasteiger partial charge on any atom is -0.462 e. The number of hydrogen-bond acceptors (Lipinski definition) is 6. The molecule has 0 heterocycles. The Bertz CT molecular complexity index is 1260. The van der Waals surface area contributed by atoms with Crippen LogP contribution in [0.4, 0.5) is 0 Å². The third-order valence-corrected chi connectivity index (χ3v) is 12.2. The summed E-state index contributed by atoms with van der Waals surface area (Å²) in [4.78, 5) is 38.1. The molecule has 0 saturated carbocycles. The van der Waals surface area contributed by atoms with Gasteiger partial charge in [0.2, 0.25) is 0 Å². The molecule has 386 valence electrons. The molecule has 0 fully saturated rings. The van der Waals surface area contributed by atoms with Gasteiger partial charge in [0, 0.05) is 19.3 Å². The van der Waals surface area contributed by atoms with Crippen LogP contribution in [0.2, 0.25) is 0 Å². The number of hydrogen-bond donors (Lipinski definition) is 0. The second-order valence-corrected chi connectivity index (χ2v) is 18.8. The molecule has 0 aromatic heterocycles. The van der Waals surface area contributed by atoms with E-state index >= 15 is 0 Å². The molecule has 0 spiro atoms. The molecule has 0 aromatic rings. The van der Waals surface area contributed by atoms with E-state index in [-0.39, 0.29) is 37.5 Å².